The van der Waals surface area contributed by atoms with Crippen LogP contribution in [0.15, 0.2) is 12.1 Å². The SMILES string of the molecule is C[C@@H](N)c1cc(F)cc([N+](=O)[O-])c1O. The second-order valence-electron chi connectivity index (χ2n) is 2.91. The molecule has 0 bridgehead atoms. The molecule has 0 spiro atoms. The van der Waals surface area contributed by atoms with E-state index < -0.39 is 28.2 Å². The first-order chi connectivity index (χ1) is 6.43. The number of hydrogen-bond acceptors (Lipinski definition) is 4. The number of rotatable bonds is 2. The lowest BCUT2D eigenvalue weighted by Gasteiger charge is -2.08. The minimum Gasteiger partial charge on any atom is -0.502 e. The van der Waals surface area contributed by atoms with Crippen LogP contribution in [-0.2, 0) is 0 Å². The van der Waals surface area contributed by atoms with Crippen molar-refractivity contribution in [2.45, 2.75) is 13.0 Å². The molecule has 0 unspecified atom stereocenters. The molecule has 1 rings (SSSR count). The van der Waals surface area contributed by atoms with Gasteiger partial charge < -0.3 is 10.8 Å². The number of nitrogens with zero attached hydrogens (tertiary/aromatic N) is 1. The normalized spacial score (nSPS) is 12.5. The lowest BCUT2D eigenvalue weighted by atomic mass is 10.1. The van der Waals surface area contributed by atoms with Crippen LogP contribution in [0, 0.1) is 15.9 Å². The standard InChI is InChI=1S/C8H9FN2O3/c1-4(10)6-2-5(9)3-7(8(6)12)11(13)14/h2-4,12H,10H2,1H3/t4-/m1/s1. The molecule has 0 aliphatic rings. The quantitative estimate of drug-likeness (QED) is 0.558. The molecule has 0 amide bonds. The van der Waals surface area contributed by atoms with E-state index in [9.17, 15) is 19.6 Å². The molecule has 0 radical (unpaired) electrons. The molecule has 0 aliphatic carbocycles. The molecule has 3 N–H and O–H groups in total. The second-order valence-corrected chi connectivity index (χ2v) is 2.91. The first kappa shape index (κ1) is 10.4. The molecule has 1 aromatic carbocycles. The van der Waals surface area contributed by atoms with E-state index >= 15 is 0 Å². The van der Waals surface area contributed by atoms with Crippen molar-refractivity contribution in [1.29, 1.82) is 0 Å². The van der Waals surface area contributed by atoms with Crippen molar-refractivity contribution in [2.75, 3.05) is 0 Å². The Balaban J connectivity index is 3.40. The van der Waals surface area contributed by atoms with Crippen LogP contribution in [-0.4, -0.2) is 10.0 Å². The van der Waals surface area contributed by atoms with Gasteiger partial charge in [0, 0.05) is 11.6 Å². The maximum absolute atomic E-state index is 12.9. The van der Waals surface area contributed by atoms with Crippen LogP contribution in [0.4, 0.5) is 10.1 Å². The summed E-state index contributed by atoms with van der Waals surface area (Å²) in [5.41, 5.74) is 4.76. The highest BCUT2D eigenvalue weighted by Crippen LogP contribution is 2.33. The van der Waals surface area contributed by atoms with Gasteiger partial charge in [-0.05, 0) is 13.0 Å². The van der Waals surface area contributed by atoms with Crippen molar-refractivity contribution in [3.8, 4) is 5.75 Å². The summed E-state index contributed by atoms with van der Waals surface area (Å²) in [6.07, 6.45) is 0. The fourth-order valence-corrected chi connectivity index (χ4v) is 1.09. The zero-order valence-electron chi connectivity index (χ0n) is 7.40. The lowest BCUT2D eigenvalue weighted by Crippen LogP contribution is -2.06. The van der Waals surface area contributed by atoms with Crippen molar-refractivity contribution >= 4 is 5.69 Å². The topological polar surface area (TPSA) is 89.4 Å². The zero-order chi connectivity index (χ0) is 10.9. The van der Waals surface area contributed by atoms with Crippen LogP contribution in [0.25, 0.3) is 0 Å². The minimum atomic E-state index is -0.857. The number of aromatic hydroxyl groups is 1. The Bertz CT molecular complexity index is 379. The van der Waals surface area contributed by atoms with Crippen LogP contribution in [0.2, 0.25) is 0 Å². The van der Waals surface area contributed by atoms with Gasteiger partial charge in [0.25, 0.3) is 0 Å². The summed E-state index contributed by atoms with van der Waals surface area (Å²) in [4.78, 5) is 9.53. The number of phenolic OH excluding ortho intramolecular Hbond substituents is 1. The third-order valence-electron chi connectivity index (χ3n) is 1.77. The molecule has 6 heteroatoms. The number of nitro benzene ring substituents is 1. The van der Waals surface area contributed by atoms with Crippen LogP contribution in [0.3, 0.4) is 0 Å². The molecule has 1 atom stereocenters. The van der Waals surface area contributed by atoms with Gasteiger partial charge in [0.05, 0.1) is 11.0 Å². The van der Waals surface area contributed by atoms with Gasteiger partial charge in [-0.15, -0.1) is 0 Å². The average Bonchev–Trinajstić information content (AvgIpc) is 2.07. The van der Waals surface area contributed by atoms with E-state index in [1.165, 1.54) is 6.92 Å². The number of benzene rings is 1. The molecule has 0 saturated carbocycles. The lowest BCUT2D eigenvalue weighted by molar-refractivity contribution is -0.386. The van der Waals surface area contributed by atoms with Gasteiger partial charge in [-0.25, -0.2) is 4.39 Å². The first-order valence-electron chi connectivity index (χ1n) is 3.86. The maximum Gasteiger partial charge on any atom is 0.313 e. The molecule has 1 aromatic rings. The van der Waals surface area contributed by atoms with E-state index in [2.05, 4.69) is 0 Å². The minimum absolute atomic E-state index is 0.0247. The number of phenols is 1. The molecule has 14 heavy (non-hydrogen) atoms. The third kappa shape index (κ3) is 1.80. The van der Waals surface area contributed by atoms with Crippen molar-refractivity contribution in [3.63, 3.8) is 0 Å². The highest BCUT2D eigenvalue weighted by Gasteiger charge is 2.20. The monoisotopic (exact) mass is 200 g/mol. The van der Waals surface area contributed by atoms with Crippen molar-refractivity contribution in [3.05, 3.63) is 33.6 Å². The summed E-state index contributed by atoms with van der Waals surface area (Å²) < 4.78 is 12.9. The predicted octanol–water partition coefficient (Wildman–Crippen LogP) is 1.46. The van der Waals surface area contributed by atoms with Crippen LogP contribution < -0.4 is 5.73 Å². The largest absolute Gasteiger partial charge is 0.502 e. The molecule has 0 aromatic heterocycles. The predicted molar refractivity (Wildman–Crippen MR) is 47.3 cm³/mol. The van der Waals surface area contributed by atoms with Gasteiger partial charge in [0.15, 0.2) is 5.75 Å². The summed E-state index contributed by atoms with van der Waals surface area (Å²) >= 11 is 0. The summed E-state index contributed by atoms with van der Waals surface area (Å²) in [5.74, 6) is -1.37. The van der Waals surface area contributed by atoms with Crippen molar-refractivity contribution in [1.82, 2.24) is 0 Å². The zero-order valence-corrected chi connectivity index (χ0v) is 7.40. The molecular weight excluding hydrogens is 191 g/mol. The molecule has 0 fully saturated rings. The van der Waals surface area contributed by atoms with Gasteiger partial charge in [-0.2, -0.15) is 0 Å². The van der Waals surface area contributed by atoms with Crippen molar-refractivity contribution in [2.24, 2.45) is 5.73 Å². The Labute approximate surface area is 79.1 Å². The third-order valence-corrected chi connectivity index (χ3v) is 1.77. The van der Waals surface area contributed by atoms with Gasteiger partial charge in [0.1, 0.15) is 5.82 Å². The van der Waals surface area contributed by atoms with Crippen LogP contribution in [0.5, 0.6) is 5.75 Å². The molecule has 0 heterocycles. The summed E-state index contributed by atoms with van der Waals surface area (Å²) in [7, 11) is 0. The number of hydrogen-bond donors (Lipinski definition) is 2. The summed E-state index contributed by atoms with van der Waals surface area (Å²) in [5, 5.41) is 19.8. The Hall–Kier alpha value is -1.69. The smallest absolute Gasteiger partial charge is 0.313 e. The van der Waals surface area contributed by atoms with Gasteiger partial charge in [-0.1, -0.05) is 0 Å². The first-order valence-corrected chi connectivity index (χ1v) is 3.86. The van der Waals surface area contributed by atoms with Crippen molar-refractivity contribution < 1.29 is 14.4 Å². The highest BCUT2D eigenvalue weighted by atomic mass is 19.1. The fraction of sp³-hybridized carbons (Fsp3) is 0.250. The van der Waals surface area contributed by atoms with E-state index in [-0.39, 0.29) is 5.56 Å². The Morgan fingerprint density at radius 2 is 2.21 bits per heavy atom. The van der Waals surface area contributed by atoms with E-state index in [1.54, 1.807) is 0 Å². The molecule has 5 nitrogen and oxygen atoms in total. The number of nitro groups is 1. The van der Waals surface area contributed by atoms with E-state index in [0.717, 1.165) is 6.07 Å². The number of nitrogens with two attached hydrogens (primary N) is 1. The molecule has 0 saturated heterocycles. The van der Waals surface area contributed by atoms with E-state index in [1.807, 2.05) is 0 Å². The van der Waals surface area contributed by atoms with Gasteiger partial charge >= 0.3 is 5.69 Å². The van der Waals surface area contributed by atoms with Crippen LogP contribution >= 0.6 is 0 Å². The van der Waals surface area contributed by atoms with E-state index in [0.29, 0.717) is 6.07 Å². The Kier molecular flexibility index (Phi) is 2.66. The van der Waals surface area contributed by atoms with Gasteiger partial charge in [-0.3, -0.25) is 10.1 Å². The second kappa shape index (κ2) is 3.59. The molecular formula is C8H9FN2O3. The van der Waals surface area contributed by atoms with Gasteiger partial charge in [0.2, 0.25) is 0 Å². The Morgan fingerprint density at radius 1 is 1.64 bits per heavy atom. The fourth-order valence-electron chi connectivity index (χ4n) is 1.09. The highest BCUT2D eigenvalue weighted by molar-refractivity contribution is 5.52. The van der Waals surface area contributed by atoms with E-state index in [4.69, 9.17) is 5.73 Å². The molecule has 0 aliphatic heterocycles. The summed E-state index contributed by atoms with van der Waals surface area (Å²) in [6, 6.07) is 0.971. The Morgan fingerprint density at radius 3 is 2.64 bits per heavy atom. The average molecular weight is 200 g/mol. The molecule has 76 valence electrons. The summed E-state index contributed by atoms with van der Waals surface area (Å²) in [6.45, 7) is 1.50. The maximum atomic E-state index is 12.9. The van der Waals surface area contributed by atoms with Crippen LogP contribution in [0.1, 0.15) is 18.5 Å². The number of halogens is 1.